The highest BCUT2D eigenvalue weighted by molar-refractivity contribution is 5.17. The van der Waals surface area contributed by atoms with Crippen LogP contribution >= 0.6 is 0 Å². The second-order valence-electron chi connectivity index (χ2n) is 4.97. The summed E-state index contributed by atoms with van der Waals surface area (Å²) in [6, 6.07) is 2.06. The lowest BCUT2D eigenvalue weighted by Crippen LogP contribution is -2.26. The number of furan rings is 1. The molecule has 1 fully saturated rings. The molecule has 1 saturated carbocycles. The number of hydrogen-bond donors (Lipinski definition) is 1. The maximum atomic E-state index is 5.53. The van der Waals surface area contributed by atoms with Crippen LogP contribution in [-0.4, -0.2) is 24.5 Å². The summed E-state index contributed by atoms with van der Waals surface area (Å²) in [5.41, 5.74) is 1.26. The van der Waals surface area contributed by atoms with Crippen LogP contribution < -0.4 is 5.32 Å². The van der Waals surface area contributed by atoms with Crippen LogP contribution in [-0.2, 0) is 13.1 Å². The second-order valence-corrected chi connectivity index (χ2v) is 4.97. The minimum Gasteiger partial charge on any atom is -0.468 e. The summed E-state index contributed by atoms with van der Waals surface area (Å²) < 4.78 is 5.53. The van der Waals surface area contributed by atoms with Gasteiger partial charge < -0.3 is 9.73 Å². The molecule has 0 unspecified atom stereocenters. The highest BCUT2D eigenvalue weighted by Gasteiger charge is 2.24. The number of nitrogens with one attached hydrogen (secondary N) is 1. The fraction of sp³-hybridized carbons (Fsp3) is 0.600. The molecule has 0 aliphatic heterocycles. The number of hydrogen-bond acceptors (Lipinski definition) is 3. The van der Waals surface area contributed by atoms with Gasteiger partial charge in [-0.2, -0.15) is 0 Å². The summed E-state index contributed by atoms with van der Waals surface area (Å²) in [4.78, 5) is 2.35. The second kappa shape index (κ2) is 6.63. The topological polar surface area (TPSA) is 28.4 Å². The van der Waals surface area contributed by atoms with E-state index in [4.69, 9.17) is 10.8 Å². The summed E-state index contributed by atoms with van der Waals surface area (Å²) in [5.74, 6) is 4.66. The Balaban J connectivity index is 1.92. The Bertz CT molecular complexity index is 401. The van der Waals surface area contributed by atoms with Gasteiger partial charge in [0.15, 0.2) is 0 Å². The fourth-order valence-electron chi connectivity index (χ4n) is 2.12. The molecule has 1 aliphatic rings. The van der Waals surface area contributed by atoms with Gasteiger partial charge in [-0.15, -0.1) is 6.42 Å². The molecule has 18 heavy (non-hydrogen) atoms. The number of terminal acetylenes is 1. The van der Waals surface area contributed by atoms with E-state index in [1.54, 1.807) is 6.26 Å². The highest BCUT2D eigenvalue weighted by Crippen LogP contribution is 2.30. The Morgan fingerprint density at radius 2 is 2.39 bits per heavy atom. The molecule has 1 aromatic rings. The number of nitrogens with zero attached hydrogens (tertiary/aromatic N) is 1. The Kier molecular flexibility index (Phi) is 4.86. The molecule has 1 aromatic heterocycles. The monoisotopic (exact) mass is 246 g/mol. The van der Waals surface area contributed by atoms with Crippen molar-refractivity contribution in [3.05, 3.63) is 23.7 Å². The van der Waals surface area contributed by atoms with Crippen molar-refractivity contribution in [2.45, 2.75) is 32.9 Å². The molecule has 1 heterocycles. The van der Waals surface area contributed by atoms with E-state index in [9.17, 15) is 0 Å². The van der Waals surface area contributed by atoms with Crippen LogP contribution in [0, 0.1) is 18.3 Å². The molecule has 0 amide bonds. The Hall–Kier alpha value is -1.24. The fourth-order valence-corrected chi connectivity index (χ4v) is 2.12. The van der Waals surface area contributed by atoms with Gasteiger partial charge in [0, 0.05) is 18.7 Å². The third-order valence-corrected chi connectivity index (χ3v) is 3.30. The van der Waals surface area contributed by atoms with Crippen LogP contribution in [0.25, 0.3) is 0 Å². The third-order valence-electron chi connectivity index (χ3n) is 3.30. The predicted molar refractivity (Wildman–Crippen MR) is 72.9 cm³/mol. The van der Waals surface area contributed by atoms with Crippen molar-refractivity contribution >= 4 is 0 Å². The first kappa shape index (κ1) is 13.2. The zero-order valence-electron chi connectivity index (χ0n) is 11.1. The van der Waals surface area contributed by atoms with Crippen LogP contribution in [0.1, 0.15) is 31.1 Å². The Morgan fingerprint density at radius 3 is 3.06 bits per heavy atom. The maximum Gasteiger partial charge on any atom is 0.122 e. The molecule has 0 radical (unpaired) electrons. The SMILES string of the molecule is C#CCN(Cc1ccoc1CNCC)CC1CC1. The van der Waals surface area contributed by atoms with Crippen molar-refractivity contribution in [3.63, 3.8) is 0 Å². The van der Waals surface area contributed by atoms with E-state index in [1.165, 1.54) is 18.4 Å². The average Bonchev–Trinajstić information content (AvgIpc) is 3.06. The summed E-state index contributed by atoms with van der Waals surface area (Å²) in [5, 5.41) is 3.30. The summed E-state index contributed by atoms with van der Waals surface area (Å²) in [7, 11) is 0. The van der Waals surface area contributed by atoms with Gasteiger partial charge in [0.2, 0.25) is 0 Å². The zero-order chi connectivity index (χ0) is 12.8. The molecular formula is C15H22N2O. The van der Waals surface area contributed by atoms with Gasteiger partial charge in [-0.25, -0.2) is 0 Å². The molecule has 3 heteroatoms. The Labute approximate surface area is 110 Å². The quantitative estimate of drug-likeness (QED) is 0.713. The first-order valence-electron chi connectivity index (χ1n) is 6.75. The standard InChI is InChI=1S/C15H22N2O/c1-3-8-17(11-13-5-6-13)12-14-7-9-18-15(14)10-16-4-2/h1,7,9,13,16H,4-6,8,10-12H2,2H3. The minimum atomic E-state index is 0.725. The van der Waals surface area contributed by atoms with Crippen LogP contribution in [0.5, 0.6) is 0 Å². The van der Waals surface area contributed by atoms with E-state index in [0.717, 1.165) is 44.4 Å². The van der Waals surface area contributed by atoms with Gasteiger partial charge in [-0.3, -0.25) is 4.90 Å². The first-order valence-corrected chi connectivity index (χ1v) is 6.75. The molecule has 0 aromatic carbocycles. The van der Waals surface area contributed by atoms with Crippen LogP contribution in [0.3, 0.4) is 0 Å². The smallest absolute Gasteiger partial charge is 0.122 e. The van der Waals surface area contributed by atoms with Gasteiger partial charge in [0.1, 0.15) is 5.76 Å². The highest BCUT2D eigenvalue weighted by atomic mass is 16.3. The van der Waals surface area contributed by atoms with Gasteiger partial charge in [0.25, 0.3) is 0 Å². The lowest BCUT2D eigenvalue weighted by atomic mass is 10.2. The van der Waals surface area contributed by atoms with Crippen LogP contribution in [0.2, 0.25) is 0 Å². The summed E-state index contributed by atoms with van der Waals surface area (Å²) in [6.07, 6.45) is 9.93. The van der Waals surface area contributed by atoms with E-state index in [1.807, 2.05) is 0 Å². The molecule has 0 spiro atoms. The molecule has 98 valence electrons. The molecular weight excluding hydrogens is 224 g/mol. The van der Waals surface area contributed by atoms with Gasteiger partial charge in [-0.05, 0) is 31.4 Å². The minimum absolute atomic E-state index is 0.725. The molecule has 0 bridgehead atoms. The van der Waals surface area contributed by atoms with E-state index >= 15 is 0 Å². The molecule has 0 saturated heterocycles. The molecule has 1 N–H and O–H groups in total. The van der Waals surface area contributed by atoms with Gasteiger partial charge >= 0.3 is 0 Å². The molecule has 3 nitrogen and oxygen atoms in total. The van der Waals surface area contributed by atoms with Crippen molar-refractivity contribution in [3.8, 4) is 12.3 Å². The maximum absolute atomic E-state index is 5.53. The predicted octanol–water partition coefficient (Wildman–Crippen LogP) is 2.23. The average molecular weight is 246 g/mol. The number of rotatable bonds is 8. The molecule has 1 aliphatic carbocycles. The Morgan fingerprint density at radius 1 is 1.56 bits per heavy atom. The van der Waals surface area contributed by atoms with Gasteiger partial charge in [-0.1, -0.05) is 12.8 Å². The lowest BCUT2D eigenvalue weighted by Gasteiger charge is -2.19. The van der Waals surface area contributed by atoms with Crippen molar-refractivity contribution in [1.82, 2.24) is 10.2 Å². The zero-order valence-corrected chi connectivity index (χ0v) is 11.1. The van der Waals surface area contributed by atoms with E-state index in [2.05, 4.69) is 29.1 Å². The van der Waals surface area contributed by atoms with Crippen molar-refractivity contribution in [2.75, 3.05) is 19.6 Å². The lowest BCUT2D eigenvalue weighted by molar-refractivity contribution is 0.283. The van der Waals surface area contributed by atoms with E-state index < -0.39 is 0 Å². The molecule has 2 rings (SSSR count). The van der Waals surface area contributed by atoms with Crippen molar-refractivity contribution in [2.24, 2.45) is 5.92 Å². The summed E-state index contributed by atoms with van der Waals surface area (Å²) >= 11 is 0. The molecule has 0 atom stereocenters. The first-order chi connectivity index (χ1) is 8.83. The van der Waals surface area contributed by atoms with Crippen molar-refractivity contribution in [1.29, 1.82) is 0 Å². The summed E-state index contributed by atoms with van der Waals surface area (Å²) in [6.45, 7) is 6.60. The van der Waals surface area contributed by atoms with Crippen LogP contribution in [0.4, 0.5) is 0 Å². The van der Waals surface area contributed by atoms with Crippen LogP contribution in [0.15, 0.2) is 16.7 Å². The van der Waals surface area contributed by atoms with E-state index in [-0.39, 0.29) is 0 Å². The largest absolute Gasteiger partial charge is 0.468 e. The van der Waals surface area contributed by atoms with Gasteiger partial charge in [0.05, 0.1) is 19.4 Å². The normalized spacial score (nSPS) is 14.9. The van der Waals surface area contributed by atoms with Crippen molar-refractivity contribution < 1.29 is 4.42 Å². The third kappa shape index (κ3) is 3.90. The van der Waals surface area contributed by atoms with E-state index in [0.29, 0.717) is 0 Å².